The minimum atomic E-state index is -3.34. The molecule has 0 fully saturated rings. The predicted octanol–water partition coefficient (Wildman–Crippen LogP) is 5.01. The molecule has 1 aromatic heterocycles. The molecule has 168 valence electrons. The summed E-state index contributed by atoms with van der Waals surface area (Å²) in [5.74, 6) is 0.760. The molecule has 4 rings (SSSR count). The molecule has 1 heterocycles. The van der Waals surface area contributed by atoms with Crippen LogP contribution >= 0.6 is 11.6 Å². The SMILES string of the molecule is CS(=O)(=O)c1ccc(-c2nc(-c3ccc(N(O)C(N)=O)cc3)oc2-c2ccc(Cl)cc2)cc1. The van der Waals surface area contributed by atoms with E-state index in [2.05, 4.69) is 4.98 Å². The van der Waals surface area contributed by atoms with Crippen molar-refractivity contribution in [2.75, 3.05) is 11.3 Å². The Balaban J connectivity index is 1.80. The number of aromatic nitrogens is 1. The monoisotopic (exact) mass is 483 g/mol. The number of carbonyl (C=O) groups excluding carboxylic acids is 1. The van der Waals surface area contributed by atoms with Crippen LogP contribution in [0.1, 0.15) is 0 Å². The van der Waals surface area contributed by atoms with Crippen LogP contribution in [0.4, 0.5) is 10.5 Å². The maximum Gasteiger partial charge on any atom is 0.343 e. The van der Waals surface area contributed by atoms with Crippen molar-refractivity contribution >= 4 is 33.2 Å². The van der Waals surface area contributed by atoms with Crippen molar-refractivity contribution in [1.29, 1.82) is 0 Å². The highest BCUT2D eigenvalue weighted by Gasteiger charge is 2.19. The van der Waals surface area contributed by atoms with Crippen LogP contribution in [0.3, 0.4) is 0 Å². The topological polar surface area (TPSA) is 127 Å². The number of nitrogens with two attached hydrogens (primary N) is 1. The molecule has 0 atom stereocenters. The summed E-state index contributed by atoms with van der Waals surface area (Å²) < 4.78 is 29.7. The Bertz CT molecular complexity index is 1410. The van der Waals surface area contributed by atoms with Gasteiger partial charge in [-0.05, 0) is 60.7 Å². The molecule has 0 radical (unpaired) electrons. The molecule has 0 unspecified atom stereocenters. The number of amides is 2. The van der Waals surface area contributed by atoms with Crippen LogP contribution in [0.25, 0.3) is 34.0 Å². The first kappa shape index (κ1) is 22.5. The predicted molar refractivity (Wildman–Crippen MR) is 125 cm³/mol. The van der Waals surface area contributed by atoms with E-state index in [0.717, 1.165) is 11.8 Å². The molecule has 0 aliphatic rings. The van der Waals surface area contributed by atoms with Gasteiger partial charge < -0.3 is 10.2 Å². The summed E-state index contributed by atoms with van der Waals surface area (Å²) in [5.41, 5.74) is 7.75. The van der Waals surface area contributed by atoms with Gasteiger partial charge in [0.2, 0.25) is 5.89 Å². The number of hydrogen-bond donors (Lipinski definition) is 2. The largest absolute Gasteiger partial charge is 0.435 e. The Kier molecular flexibility index (Phi) is 5.94. The Hall–Kier alpha value is -3.66. The quantitative estimate of drug-likeness (QED) is 0.303. The van der Waals surface area contributed by atoms with E-state index >= 15 is 0 Å². The van der Waals surface area contributed by atoms with E-state index in [9.17, 15) is 18.4 Å². The Morgan fingerprint density at radius 2 is 1.48 bits per heavy atom. The first-order valence-corrected chi connectivity index (χ1v) is 11.9. The number of hydroxylamine groups is 1. The van der Waals surface area contributed by atoms with Gasteiger partial charge in [0.1, 0.15) is 5.69 Å². The lowest BCUT2D eigenvalue weighted by Gasteiger charge is -2.11. The van der Waals surface area contributed by atoms with Crippen molar-refractivity contribution in [3.8, 4) is 34.0 Å². The Morgan fingerprint density at radius 1 is 0.939 bits per heavy atom. The maximum atomic E-state index is 11.8. The molecule has 3 N–H and O–H groups in total. The summed E-state index contributed by atoms with van der Waals surface area (Å²) in [4.78, 5) is 16.0. The van der Waals surface area contributed by atoms with E-state index in [-0.39, 0.29) is 16.5 Å². The number of benzene rings is 3. The highest BCUT2D eigenvalue weighted by Crippen LogP contribution is 2.37. The molecule has 0 spiro atoms. The smallest absolute Gasteiger partial charge is 0.343 e. The van der Waals surface area contributed by atoms with E-state index in [0.29, 0.717) is 32.7 Å². The molecule has 2 amide bonds. The number of oxazole rings is 1. The fourth-order valence-corrected chi connectivity index (χ4v) is 3.93. The van der Waals surface area contributed by atoms with Gasteiger partial charge in [0.05, 0.1) is 10.6 Å². The van der Waals surface area contributed by atoms with Crippen molar-refractivity contribution < 1.29 is 22.8 Å². The zero-order valence-corrected chi connectivity index (χ0v) is 18.8. The van der Waals surface area contributed by atoms with Gasteiger partial charge in [-0.3, -0.25) is 5.21 Å². The molecule has 33 heavy (non-hydrogen) atoms. The van der Waals surface area contributed by atoms with Gasteiger partial charge in [0.25, 0.3) is 0 Å². The molecule has 0 saturated heterocycles. The molecule has 0 aliphatic carbocycles. The third-order valence-corrected chi connectivity index (χ3v) is 6.24. The van der Waals surface area contributed by atoms with Crippen molar-refractivity contribution in [2.45, 2.75) is 4.90 Å². The Morgan fingerprint density at radius 3 is 2.03 bits per heavy atom. The molecule has 8 nitrogen and oxygen atoms in total. The lowest BCUT2D eigenvalue weighted by molar-refractivity contribution is 0.212. The highest BCUT2D eigenvalue weighted by molar-refractivity contribution is 7.90. The minimum Gasteiger partial charge on any atom is -0.435 e. The fourth-order valence-electron chi connectivity index (χ4n) is 3.17. The van der Waals surface area contributed by atoms with Gasteiger partial charge in [0, 0.05) is 28.0 Å². The highest BCUT2D eigenvalue weighted by atomic mass is 35.5. The number of nitrogens with zero attached hydrogens (tertiary/aromatic N) is 2. The van der Waals surface area contributed by atoms with Crippen molar-refractivity contribution in [3.63, 3.8) is 0 Å². The van der Waals surface area contributed by atoms with Crippen LogP contribution in [0.15, 0.2) is 82.1 Å². The van der Waals surface area contributed by atoms with Crippen LogP contribution in [-0.2, 0) is 9.84 Å². The second-order valence-corrected chi connectivity index (χ2v) is 9.65. The number of sulfone groups is 1. The fraction of sp³-hybridized carbons (Fsp3) is 0.0435. The third-order valence-electron chi connectivity index (χ3n) is 4.86. The van der Waals surface area contributed by atoms with E-state index in [1.54, 1.807) is 48.5 Å². The standard InChI is InChI=1S/C23H18ClN3O5S/c1-33(30,31)19-12-6-14(7-13-19)20-21(15-2-8-17(24)9-3-15)32-22(26-20)16-4-10-18(11-5-16)27(29)23(25)28/h2-13,29H,1H3,(H2,25,28). The molecular formula is C23H18ClN3O5S. The van der Waals surface area contributed by atoms with Crippen molar-refractivity contribution in [3.05, 3.63) is 77.8 Å². The van der Waals surface area contributed by atoms with E-state index in [1.807, 2.05) is 0 Å². The first-order chi connectivity index (χ1) is 15.6. The number of primary amides is 1. The molecular weight excluding hydrogens is 466 g/mol. The number of rotatable bonds is 5. The summed E-state index contributed by atoms with van der Waals surface area (Å²) >= 11 is 6.02. The van der Waals surface area contributed by atoms with E-state index in [1.165, 1.54) is 24.3 Å². The molecule has 0 aliphatic heterocycles. The normalized spacial score (nSPS) is 11.4. The van der Waals surface area contributed by atoms with Gasteiger partial charge in [0.15, 0.2) is 15.6 Å². The lowest BCUT2D eigenvalue weighted by atomic mass is 10.1. The number of urea groups is 1. The number of anilines is 1. The van der Waals surface area contributed by atoms with Gasteiger partial charge in [-0.25, -0.2) is 18.2 Å². The van der Waals surface area contributed by atoms with Crippen molar-refractivity contribution in [2.24, 2.45) is 5.73 Å². The summed E-state index contributed by atoms with van der Waals surface area (Å²) in [6.07, 6.45) is 1.14. The zero-order chi connectivity index (χ0) is 23.8. The van der Waals surface area contributed by atoms with Gasteiger partial charge in [-0.2, -0.15) is 5.06 Å². The number of carbonyl (C=O) groups is 1. The number of hydrogen-bond acceptors (Lipinski definition) is 6. The zero-order valence-electron chi connectivity index (χ0n) is 17.3. The van der Waals surface area contributed by atoms with Gasteiger partial charge in [-0.15, -0.1) is 0 Å². The molecule has 0 bridgehead atoms. The van der Waals surface area contributed by atoms with Gasteiger partial charge >= 0.3 is 6.03 Å². The number of halogens is 1. The van der Waals surface area contributed by atoms with Crippen LogP contribution in [-0.4, -0.2) is 30.9 Å². The summed E-state index contributed by atoms with van der Waals surface area (Å²) in [5, 5.41) is 10.6. The van der Waals surface area contributed by atoms with Crippen LogP contribution in [0.2, 0.25) is 5.02 Å². The molecule has 3 aromatic carbocycles. The van der Waals surface area contributed by atoms with Crippen molar-refractivity contribution in [1.82, 2.24) is 4.98 Å². The van der Waals surface area contributed by atoms with Gasteiger partial charge in [-0.1, -0.05) is 23.7 Å². The van der Waals surface area contributed by atoms with E-state index < -0.39 is 15.9 Å². The average Bonchev–Trinajstić information content (AvgIpc) is 3.24. The lowest BCUT2D eigenvalue weighted by Crippen LogP contribution is -2.32. The Labute approximate surface area is 194 Å². The molecule has 0 saturated carbocycles. The molecule has 4 aromatic rings. The summed E-state index contributed by atoms with van der Waals surface area (Å²) in [7, 11) is -3.34. The third kappa shape index (κ3) is 4.75. The average molecular weight is 484 g/mol. The first-order valence-electron chi connectivity index (χ1n) is 9.59. The van der Waals surface area contributed by atoms with Crippen LogP contribution in [0, 0.1) is 0 Å². The minimum absolute atomic E-state index is 0.187. The second kappa shape index (κ2) is 8.70. The summed E-state index contributed by atoms with van der Waals surface area (Å²) in [6.45, 7) is 0. The van der Waals surface area contributed by atoms with E-state index in [4.69, 9.17) is 21.8 Å². The summed E-state index contributed by atoms with van der Waals surface area (Å²) in [6, 6.07) is 18.6. The van der Waals surface area contributed by atoms with Crippen LogP contribution < -0.4 is 10.8 Å². The van der Waals surface area contributed by atoms with Crippen LogP contribution in [0.5, 0.6) is 0 Å². The maximum absolute atomic E-state index is 11.8. The molecule has 10 heteroatoms. The second-order valence-electron chi connectivity index (χ2n) is 7.20.